The summed E-state index contributed by atoms with van der Waals surface area (Å²) in [6, 6.07) is 6.57. The highest BCUT2D eigenvalue weighted by Gasteiger charge is 2.26. The molecule has 1 aromatic carbocycles. The van der Waals surface area contributed by atoms with E-state index in [1.165, 1.54) is 44.2 Å². The van der Waals surface area contributed by atoms with E-state index < -0.39 is 0 Å². The summed E-state index contributed by atoms with van der Waals surface area (Å²) < 4.78 is 0. The molecule has 0 spiro atoms. The number of hydrogen-bond acceptors (Lipinski definition) is 2. The third-order valence-corrected chi connectivity index (χ3v) is 5.26. The van der Waals surface area contributed by atoms with Crippen molar-refractivity contribution < 1.29 is 0 Å². The van der Waals surface area contributed by atoms with Crippen LogP contribution in [0.5, 0.6) is 0 Å². The van der Waals surface area contributed by atoms with Crippen molar-refractivity contribution >= 4 is 23.2 Å². The van der Waals surface area contributed by atoms with Crippen LogP contribution in [0.2, 0.25) is 10.0 Å². The maximum atomic E-state index is 6.15. The topological polar surface area (TPSA) is 15.3 Å². The second-order valence-corrected chi connectivity index (χ2v) is 7.38. The fraction of sp³-hybridized carbons (Fsp3) is 0.647. The van der Waals surface area contributed by atoms with Gasteiger partial charge in [0.25, 0.3) is 0 Å². The quantitative estimate of drug-likeness (QED) is 0.865. The van der Waals surface area contributed by atoms with Crippen LogP contribution in [0, 0.1) is 5.92 Å². The maximum absolute atomic E-state index is 6.15. The van der Waals surface area contributed by atoms with Crippen molar-refractivity contribution in [2.24, 2.45) is 5.92 Å². The van der Waals surface area contributed by atoms with E-state index in [4.69, 9.17) is 23.2 Å². The SMILES string of the molecule is Clc1cc(Cl)cc(CN(CC2CCCC2)[C@H]2CCNC2)c1. The van der Waals surface area contributed by atoms with Crippen LogP contribution in [0.4, 0.5) is 0 Å². The van der Waals surface area contributed by atoms with Gasteiger partial charge in [-0.15, -0.1) is 0 Å². The molecule has 2 aliphatic rings. The van der Waals surface area contributed by atoms with Gasteiger partial charge >= 0.3 is 0 Å². The highest BCUT2D eigenvalue weighted by atomic mass is 35.5. The van der Waals surface area contributed by atoms with Crippen molar-refractivity contribution in [1.29, 1.82) is 0 Å². The first-order chi connectivity index (χ1) is 10.2. The molecule has 1 N–H and O–H groups in total. The van der Waals surface area contributed by atoms with E-state index in [0.717, 1.165) is 35.6 Å². The van der Waals surface area contributed by atoms with Gasteiger partial charge in [0.05, 0.1) is 0 Å². The van der Waals surface area contributed by atoms with E-state index in [0.29, 0.717) is 6.04 Å². The molecule has 3 rings (SSSR count). The molecule has 0 radical (unpaired) electrons. The molecule has 1 heterocycles. The van der Waals surface area contributed by atoms with Crippen molar-refractivity contribution in [2.45, 2.75) is 44.7 Å². The number of hydrogen-bond donors (Lipinski definition) is 1. The Hall–Kier alpha value is -0.280. The molecule has 2 fully saturated rings. The molecule has 0 bridgehead atoms. The number of nitrogens with one attached hydrogen (secondary N) is 1. The van der Waals surface area contributed by atoms with Gasteiger partial charge in [0.15, 0.2) is 0 Å². The molecule has 1 aliphatic carbocycles. The van der Waals surface area contributed by atoms with E-state index in [1.54, 1.807) is 0 Å². The van der Waals surface area contributed by atoms with E-state index in [1.807, 2.05) is 6.07 Å². The maximum Gasteiger partial charge on any atom is 0.0424 e. The van der Waals surface area contributed by atoms with Gasteiger partial charge in [-0.1, -0.05) is 36.0 Å². The largest absolute Gasteiger partial charge is 0.315 e. The molecular formula is C17H24Cl2N2. The smallest absolute Gasteiger partial charge is 0.0424 e. The summed E-state index contributed by atoms with van der Waals surface area (Å²) in [4.78, 5) is 2.65. The Morgan fingerprint density at radius 1 is 1.05 bits per heavy atom. The summed E-state index contributed by atoms with van der Waals surface area (Å²) >= 11 is 12.3. The van der Waals surface area contributed by atoms with Gasteiger partial charge in [0.2, 0.25) is 0 Å². The van der Waals surface area contributed by atoms with E-state index in [2.05, 4.69) is 22.3 Å². The minimum Gasteiger partial charge on any atom is -0.315 e. The number of rotatable bonds is 5. The lowest BCUT2D eigenvalue weighted by Crippen LogP contribution is -2.39. The summed E-state index contributed by atoms with van der Waals surface area (Å²) in [7, 11) is 0. The van der Waals surface area contributed by atoms with Crippen molar-refractivity contribution in [3.8, 4) is 0 Å². The lowest BCUT2D eigenvalue weighted by molar-refractivity contribution is 0.168. The summed E-state index contributed by atoms with van der Waals surface area (Å²) in [6.07, 6.45) is 6.86. The average molecular weight is 327 g/mol. The Balaban J connectivity index is 1.70. The standard InChI is InChI=1S/C17H24Cl2N2/c18-15-7-14(8-16(19)9-15)12-21(17-5-6-20-10-17)11-13-3-1-2-4-13/h7-9,13,17,20H,1-6,10-12H2/t17-/m0/s1. The van der Waals surface area contributed by atoms with Crippen LogP contribution in [0.25, 0.3) is 0 Å². The van der Waals surface area contributed by atoms with E-state index >= 15 is 0 Å². The molecule has 1 saturated heterocycles. The Morgan fingerprint density at radius 2 is 1.76 bits per heavy atom. The predicted molar refractivity (Wildman–Crippen MR) is 90.1 cm³/mol. The molecule has 1 aliphatic heterocycles. The van der Waals surface area contributed by atoms with Gasteiger partial charge in [0.1, 0.15) is 0 Å². The fourth-order valence-corrected chi connectivity index (χ4v) is 4.33. The van der Waals surface area contributed by atoms with Crippen LogP contribution >= 0.6 is 23.2 Å². The van der Waals surface area contributed by atoms with Crippen molar-refractivity contribution in [3.05, 3.63) is 33.8 Å². The van der Waals surface area contributed by atoms with Crippen LogP contribution in [0.15, 0.2) is 18.2 Å². The molecule has 4 heteroatoms. The molecule has 0 aromatic heterocycles. The summed E-state index contributed by atoms with van der Waals surface area (Å²) in [6.45, 7) is 4.43. The monoisotopic (exact) mass is 326 g/mol. The zero-order chi connectivity index (χ0) is 14.7. The highest BCUT2D eigenvalue weighted by molar-refractivity contribution is 6.34. The third kappa shape index (κ3) is 4.35. The van der Waals surface area contributed by atoms with Crippen LogP contribution in [-0.2, 0) is 6.54 Å². The van der Waals surface area contributed by atoms with Crippen LogP contribution in [0.3, 0.4) is 0 Å². The van der Waals surface area contributed by atoms with Crippen LogP contribution < -0.4 is 5.32 Å². The minimum atomic E-state index is 0.656. The van der Waals surface area contributed by atoms with E-state index in [9.17, 15) is 0 Å². The van der Waals surface area contributed by atoms with Gasteiger partial charge in [-0.3, -0.25) is 4.90 Å². The van der Waals surface area contributed by atoms with Crippen LogP contribution in [0.1, 0.15) is 37.7 Å². The second-order valence-electron chi connectivity index (χ2n) is 6.50. The molecule has 0 unspecified atom stereocenters. The zero-order valence-electron chi connectivity index (χ0n) is 12.5. The molecule has 1 saturated carbocycles. The van der Waals surface area contributed by atoms with Crippen molar-refractivity contribution in [1.82, 2.24) is 10.2 Å². The van der Waals surface area contributed by atoms with Gasteiger partial charge in [-0.25, -0.2) is 0 Å². The predicted octanol–water partition coefficient (Wildman–Crippen LogP) is 4.35. The highest BCUT2D eigenvalue weighted by Crippen LogP contribution is 2.28. The second kappa shape index (κ2) is 7.32. The molecule has 2 nitrogen and oxygen atoms in total. The van der Waals surface area contributed by atoms with Crippen molar-refractivity contribution in [3.63, 3.8) is 0 Å². The average Bonchev–Trinajstić information content (AvgIpc) is 3.10. The van der Waals surface area contributed by atoms with E-state index in [-0.39, 0.29) is 0 Å². The Labute approximate surface area is 137 Å². The minimum absolute atomic E-state index is 0.656. The number of benzene rings is 1. The van der Waals surface area contributed by atoms with Gasteiger partial charge in [-0.05, 0) is 55.5 Å². The Morgan fingerprint density at radius 3 is 2.38 bits per heavy atom. The molecule has 1 atom stereocenters. The number of nitrogens with zero attached hydrogens (tertiary/aromatic N) is 1. The molecule has 21 heavy (non-hydrogen) atoms. The summed E-state index contributed by atoms with van der Waals surface area (Å²) in [5.41, 5.74) is 1.23. The van der Waals surface area contributed by atoms with Crippen molar-refractivity contribution in [2.75, 3.05) is 19.6 Å². The Kier molecular flexibility index (Phi) is 5.44. The van der Waals surface area contributed by atoms with Gasteiger partial charge in [-0.2, -0.15) is 0 Å². The lowest BCUT2D eigenvalue weighted by atomic mass is 10.0. The van der Waals surface area contributed by atoms with Gasteiger partial charge in [0, 0.05) is 35.7 Å². The van der Waals surface area contributed by atoms with Crippen LogP contribution in [-0.4, -0.2) is 30.6 Å². The fourth-order valence-electron chi connectivity index (χ4n) is 3.76. The Bertz CT molecular complexity index is 446. The first-order valence-corrected chi connectivity index (χ1v) is 8.86. The first-order valence-electron chi connectivity index (χ1n) is 8.10. The molecule has 116 valence electrons. The third-order valence-electron chi connectivity index (χ3n) is 4.83. The molecule has 0 amide bonds. The molecular weight excluding hydrogens is 303 g/mol. The van der Waals surface area contributed by atoms with Gasteiger partial charge < -0.3 is 5.32 Å². The number of halogens is 2. The molecule has 1 aromatic rings. The normalized spacial score (nSPS) is 23.3. The summed E-state index contributed by atoms with van der Waals surface area (Å²) in [5, 5.41) is 4.97. The summed E-state index contributed by atoms with van der Waals surface area (Å²) in [5.74, 6) is 0.875. The lowest BCUT2D eigenvalue weighted by Gasteiger charge is -2.31. The first kappa shape index (κ1) is 15.6. The zero-order valence-corrected chi connectivity index (χ0v) is 14.0.